The molecule has 8 nitrogen and oxygen atoms in total. The number of nitrogens with zero attached hydrogens (tertiary/aromatic N) is 5. The molecule has 1 aromatic carbocycles. The normalized spacial score (nSPS) is 14.1. The Morgan fingerprint density at radius 1 is 1.38 bits per heavy atom. The molecule has 2 aromatic rings. The van der Waals surface area contributed by atoms with E-state index in [1.54, 1.807) is 29.7 Å². The minimum Gasteiger partial charge on any atom is -0.456 e. The molecule has 0 atom stereocenters. The summed E-state index contributed by atoms with van der Waals surface area (Å²) in [4.78, 5) is 25.6. The zero-order chi connectivity index (χ0) is 18.5. The van der Waals surface area contributed by atoms with Gasteiger partial charge in [0.1, 0.15) is 12.4 Å². The number of rotatable bonds is 5. The number of hydrogen-bond acceptors (Lipinski definition) is 6. The van der Waals surface area contributed by atoms with Crippen LogP contribution in [0.4, 0.5) is 4.39 Å². The molecule has 1 aliphatic heterocycles. The van der Waals surface area contributed by atoms with Crippen molar-refractivity contribution in [3.05, 3.63) is 54.1 Å². The summed E-state index contributed by atoms with van der Waals surface area (Å²) in [6, 6.07) is 4.77. The van der Waals surface area contributed by atoms with Crippen LogP contribution < -0.4 is 0 Å². The van der Waals surface area contributed by atoms with Crippen LogP contribution in [0.5, 0.6) is 0 Å². The largest absolute Gasteiger partial charge is 0.456 e. The van der Waals surface area contributed by atoms with Gasteiger partial charge in [0.2, 0.25) is 0 Å². The van der Waals surface area contributed by atoms with Gasteiger partial charge in [-0.15, -0.1) is 10.2 Å². The minimum atomic E-state index is -0.500. The predicted molar refractivity (Wildman–Crippen MR) is 88.8 cm³/mol. The Hall–Kier alpha value is -3.10. The summed E-state index contributed by atoms with van der Waals surface area (Å²) in [5, 5.41) is 11.3. The summed E-state index contributed by atoms with van der Waals surface area (Å²) < 4.78 is 19.2. The molecule has 26 heavy (non-hydrogen) atoms. The molecule has 0 aliphatic carbocycles. The lowest BCUT2D eigenvalue weighted by Crippen LogP contribution is -2.37. The molecule has 9 heteroatoms. The van der Waals surface area contributed by atoms with Gasteiger partial charge in [-0.1, -0.05) is 18.2 Å². The topological polar surface area (TPSA) is 90.2 Å². The third-order valence-corrected chi connectivity index (χ3v) is 3.95. The average molecular weight is 358 g/mol. The van der Waals surface area contributed by atoms with Crippen LogP contribution in [-0.4, -0.2) is 56.7 Å². The van der Waals surface area contributed by atoms with Crippen LogP contribution >= 0.6 is 0 Å². The highest BCUT2D eigenvalue weighted by atomic mass is 19.1. The quantitative estimate of drug-likeness (QED) is 0.742. The number of halogens is 1. The molecule has 1 aliphatic rings. The Morgan fingerprint density at radius 2 is 2.23 bits per heavy atom. The summed E-state index contributed by atoms with van der Waals surface area (Å²) >= 11 is 0. The van der Waals surface area contributed by atoms with E-state index in [1.807, 2.05) is 0 Å². The van der Waals surface area contributed by atoms with Gasteiger partial charge in [0.25, 0.3) is 5.91 Å². The van der Waals surface area contributed by atoms with E-state index in [1.165, 1.54) is 24.1 Å². The van der Waals surface area contributed by atoms with E-state index in [-0.39, 0.29) is 18.3 Å². The molecule has 2 heterocycles. The van der Waals surface area contributed by atoms with Gasteiger partial charge < -0.3 is 9.64 Å². The Kier molecular flexibility index (Phi) is 5.35. The van der Waals surface area contributed by atoms with Crippen LogP contribution in [0.15, 0.2) is 30.6 Å². The molecule has 135 valence electrons. The van der Waals surface area contributed by atoms with Crippen LogP contribution in [0.1, 0.15) is 24.5 Å². The molecule has 0 N–H and O–H groups in total. The SMILES string of the molecule is CC(=O)OCC(=O)N1CC=C(c2c(F)cccc2[CH]n2ncnn2)CC1. The second-order valence-corrected chi connectivity index (χ2v) is 5.69. The Morgan fingerprint density at radius 3 is 2.88 bits per heavy atom. The first-order valence-electron chi connectivity index (χ1n) is 8.01. The second-order valence-electron chi connectivity index (χ2n) is 5.69. The molecule has 0 fully saturated rings. The third-order valence-electron chi connectivity index (χ3n) is 3.95. The standard InChI is InChI=1S/C17H17FN5O3/c1-12(24)26-10-16(25)22-7-5-13(6-8-22)17-14(3-2-4-15(17)18)9-23-20-11-19-21-23/h2-5,9,11H,6-8,10H2,1H3. The summed E-state index contributed by atoms with van der Waals surface area (Å²) in [6.45, 7) is 3.30. The molecule has 0 saturated heterocycles. The van der Waals surface area contributed by atoms with Crippen molar-refractivity contribution < 1.29 is 18.7 Å². The van der Waals surface area contributed by atoms with Gasteiger partial charge in [-0.3, -0.25) is 9.59 Å². The Bertz CT molecular complexity index is 835. The fraction of sp³-hybridized carbons (Fsp3) is 0.294. The highest BCUT2D eigenvalue weighted by Crippen LogP contribution is 2.29. The van der Waals surface area contributed by atoms with Crippen LogP contribution in [0, 0.1) is 12.4 Å². The lowest BCUT2D eigenvalue weighted by Gasteiger charge is -2.27. The van der Waals surface area contributed by atoms with E-state index in [0.29, 0.717) is 30.6 Å². The van der Waals surface area contributed by atoms with Gasteiger partial charge in [-0.2, -0.15) is 4.80 Å². The van der Waals surface area contributed by atoms with Crippen molar-refractivity contribution >= 4 is 17.4 Å². The van der Waals surface area contributed by atoms with E-state index in [0.717, 1.165) is 5.57 Å². The first kappa shape index (κ1) is 17.7. The maximum absolute atomic E-state index is 14.5. The fourth-order valence-corrected chi connectivity index (χ4v) is 2.72. The molecule has 0 bridgehead atoms. The second kappa shape index (κ2) is 7.85. The number of aromatic nitrogens is 4. The van der Waals surface area contributed by atoms with Crippen molar-refractivity contribution in [2.24, 2.45) is 0 Å². The molecule has 0 spiro atoms. The third kappa shape index (κ3) is 4.11. The number of ether oxygens (including phenoxy) is 1. The molecule has 0 unspecified atom stereocenters. The maximum atomic E-state index is 14.5. The molecule has 3 rings (SSSR count). The van der Waals surface area contributed by atoms with Crippen molar-refractivity contribution in [2.75, 3.05) is 19.7 Å². The van der Waals surface area contributed by atoms with Crippen LogP contribution in [-0.2, 0) is 14.3 Å². The Balaban J connectivity index is 1.76. The number of carbonyl (C=O) groups is 2. The highest BCUT2D eigenvalue weighted by molar-refractivity contribution is 5.81. The van der Waals surface area contributed by atoms with Gasteiger partial charge in [0, 0.05) is 25.6 Å². The van der Waals surface area contributed by atoms with Crippen LogP contribution in [0.25, 0.3) is 5.57 Å². The molecular formula is C17H17FN5O3. The summed E-state index contributed by atoms with van der Waals surface area (Å²) in [5.74, 6) is -1.13. The first-order valence-corrected chi connectivity index (χ1v) is 8.01. The highest BCUT2D eigenvalue weighted by Gasteiger charge is 2.22. The zero-order valence-corrected chi connectivity index (χ0v) is 14.1. The number of esters is 1. The van der Waals surface area contributed by atoms with Crippen LogP contribution in [0.2, 0.25) is 0 Å². The van der Waals surface area contributed by atoms with Gasteiger partial charge >= 0.3 is 5.97 Å². The molecule has 1 amide bonds. The van der Waals surface area contributed by atoms with E-state index in [4.69, 9.17) is 4.74 Å². The van der Waals surface area contributed by atoms with E-state index in [9.17, 15) is 14.0 Å². The van der Waals surface area contributed by atoms with Crippen molar-refractivity contribution in [2.45, 2.75) is 13.3 Å². The molecule has 1 aromatic heterocycles. The van der Waals surface area contributed by atoms with Crippen LogP contribution in [0.3, 0.4) is 0 Å². The van der Waals surface area contributed by atoms with Gasteiger partial charge in [-0.05, 0) is 28.8 Å². The molecule has 1 radical (unpaired) electrons. The number of hydrogen-bond donors (Lipinski definition) is 0. The lowest BCUT2D eigenvalue weighted by molar-refractivity contribution is -0.150. The zero-order valence-electron chi connectivity index (χ0n) is 14.1. The van der Waals surface area contributed by atoms with Gasteiger partial charge in [-0.25, -0.2) is 4.39 Å². The number of tetrazole rings is 1. The molecular weight excluding hydrogens is 341 g/mol. The molecule has 0 saturated carbocycles. The monoisotopic (exact) mass is 358 g/mol. The van der Waals surface area contributed by atoms with Crippen molar-refractivity contribution in [3.8, 4) is 0 Å². The van der Waals surface area contributed by atoms with Crippen molar-refractivity contribution in [1.82, 2.24) is 25.1 Å². The van der Waals surface area contributed by atoms with Crippen molar-refractivity contribution in [3.63, 3.8) is 0 Å². The number of carbonyl (C=O) groups excluding carboxylic acids is 2. The first-order chi connectivity index (χ1) is 12.5. The van der Waals surface area contributed by atoms with E-state index < -0.39 is 5.97 Å². The van der Waals surface area contributed by atoms with Gasteiger partial charge in [0.05, 0.1) is 0 Å². The van der Waals surface area contributed by atoms with Crippen molar-refractivity contribution in [1.29, 1.82) is 0 Å². The van der Waals surface area contributed by atoms with E-state index >= 15 is 0 Å². The summed E-state index contributed by atoms with van der Waals surface area (Å²) in [6.07, 6.45) is 3.58. The Labute approximate surface area is 149 Å². The average Bonchev–Trinajstić information content (AvgIpc) is 3.13. The smallest absolute Gasteiger partial charge is 0.303 e. The van der Waals surface area contributed by atoms with Gasteiger partial charge in [0.15, 0.2) is 12.9 Å². The predicted octanol–water partition coefficient (Wildman–Crippen LogP) is 1.05. The fourth-order valence-electron chi connectivity index (χ4n) is 2.72. The number of amides is 1. The summed E-state index contributed by atoms with van der Waals surface area (Å²) in [5.41, 5.74) is 1.87. The minimum absolute atomic E-state index is 0.275. The lowest BCUT2D eigenvalue weighted by atomic mass is 9.94. The number of benzene rings is 1. The van der Waals surface area contributed by atoms with E-state index in [2.05, 4.69) is 15.4 Å². The maximum Gasteiger partial charge on any atom is 0.303 e. The summed E-state index contributed by atoms with van der Waals surface area (Å²) in [7, 11) is 0.